The van der Waals surface area contributed by atoms with Crippen LogP contribution in [0.25, 0.3) is 11.8 Å². The van der Waals surface area contributed by atoms with E-state index in [-0.39, 0.29) is 29.4 Å². The van der Waals surface area contributed by atoms with Crippen molar-refractivity contribution < 1.29 is 19.0 Å². The number of carbonyl (C=O) groups is 1. The third kappa shape index (κ3) is 6.64. The molecule has 0 aliphatic carbocycles. The lowest BCUT2D eigenvalue weighted by Gasteiger charge is -2.25. The number of halogens is 2. The second-order valence-corrected chi connectivity index (χ2v) is 12.5. The van der Waals surface area contributed by atoms with Crippen molar-refractivity contribution in [3.05, 3.63) is 154 Å². The first kappa shape index (κ1) is 32.8. The van der Waals surface area contributed by atoms with Crippen LogP contribution in [0, 0.1) is 11.3 Å². The molecule has 240 valence electrons. The maximum Gasteiger partial charge on any atom is 0.338 e. The summed E-state index contributed by atoms with van der Waals surface area (Å²) in [5, 5.41) is 9.86. The number of methoxy groups -OCH3 is 1. The molecule has 0 bridgehead atoms. The van der Waals surface area contributed by atoms with Crippen LogP contribution < -0.4 is 24.4 Å². The fourth-order valence-electron chi connectivity index (χ4n) is 5.35. The molecule has 48 heavy (non-hydrogen) atoms. The zero-order valence-corrected chi connectivity index (χ0v) is 28.1. The van der Waals surface area contributed by atoms with Gasteiger partial charge in [-0.25, -0.2) is 9.79 Å². The van der Waals surface area contributed by atoms with Crippen molar-refractivity contribution in [3.63, 3.8) is 0 Å². The first-order valence-corrected chi connectivity index (χ1v) is 16.4. The quantitative estimate of drug-likeness (QED) is 0.159. The van der Waals surface area contributed by atoms with Crippen LogP contribution in [0.5, 0.6) is 11.5 Å². The Morgan fingerprint density at radius 3 is 2.44 bits per heavy atom. The molecule has 0 radical (unpaired) electrons. The summed E-state index contributed by atoms with van der Waals surface area (Å²) in [7, 11) is 1.51. The van der Waals surface area contributed by atoms with Crippen LogP contribution in [-0.2, 0) is 16.1 Å². The molecule has 6 rings (SSSR count). The van der Waals surface area contributed by atoms with Gasteiger partial charge < -0.3 is 14.2 Å². The summed E-state index contributed by atoms with van der Waals surface area (Å²) < 4.78 is 19.0. The zero-order valence-electron chi connectivity index (χ0n) is 25.8. The monoisotopic (exact) mass is 695 g/mol. The van der Waals surface area contributed by atoms with Gasteiger partial charge in [0.2, 0.25) is 0 Å². The van der Waals surface area contributed by atoms with Crippen molar-refractivity contribution in [2.24, 2.45) is 4.99 Å². The fourth-order valence-corrected chi connectivity index (χ4v) is 6.75. The van der Waals surface area contributed by atoms with E-state index in [1.807, 2.05) is 30.3 Å². The first-order chi connectivity index (χ1) is 23.3. The van der Waals surface area contributed by atoms with E-state index in [9.17, 15) is 9.59 Å². The van der Waals surface area contributed by atoms with Crippen molar-refractivity contribution in [2.45, 2.75) is 19.6 Å². The molecule has 1 atom stereocenters. The van der Waals surface area contributed by atoms with Crippen LogP contribution in [0.2, 0.25) is 10.0 Å². The number of ether oxygens (including phenoxy) is 3. The summed E-state index contributed by atoms with van der Waals surface area (Å²) in [6.07, 6.45) is 1.71. The van der Waals surface area contributed by atoms with Gasteiger partial charge in [0.05, 0.1) is 52.2 Å². The number of nitriles is 1. The summed E-state index contributed by atoms with van der Waals surface area (Å²) in [6, 6.07) is 28.1. The van der Waals surface area contributed by atoms with E-state index in [0.717, 1.165) is 5.56 Å². The van der Waals surface area contributed by atoms with Gasteiger partial charge in [-0.2, -0.15) is 5.26 Å². The van der Waals surface area contributed by atoms with E-state index < -0.39 is 12.0 Å². The predicted molar refractivity (Wildman–Crippen MR) is 186 cm³/mol. The molecule has 0 saturated heterocycles. The van der Waals surface area contributed by atoms with Crippen LogP contribution in [0.4, 0.5) is 0 Å². The van der Waals surface area contributed by atoms with E-state index in [1.165, 1.54) is 23.0 Å². The number of rotatable bonds is 9. The van der Waals surface area contributed by atoms with E-state index in [2.05, 4.69) is 6.07 Å². The number of aromatic nitrogens is 1. The molecule has 4 aromatic carbocycles. The Morgan fingerprint density at radius 1 is 1.04 bits per heavy atom. The van der Waals surface area contributed by atoms with Crippen molar-refractivity contribution in [2.75, 3.05) is 13.7 Å². The molecule has 0 spiro atoms. The molecule has 0 N–H and O–H groups in total. The third-order valence-corrected chi connectivity index (χ3v) is 9.09. The molecule has 0 saturated carbocycles. The van der Waals surface area contributed by atoms with Crippen LogP contribution >= 0.6 is 34.5 Å². The summed E-state index contributed by atoms with van der Waals surface area (Å²) in [5.74, 6) is 0.157. The normalized spacial score (nSPS) is 14.1. The van der Waals surface area contributed by atoms with Gasteiger partial charge in [-0.05, 0) is 66.1 Å². The zero-order chi connectivity index (χ0) is 33.8. The standard InChI is InChI=1S/C37H27Cl2N3O5S/c1-3-46-36(44)31-32(25-7-5-4-6-8-25)41-37-42(33(31)26-13-15-27(38)16-14-26)35(43)30(48-37)19-24-17-28(39)34(29(18-24)45-2)47-21-23-11-9-22(20-40)10-12-23/h4-19,33H,3,21H2,1-2H3/b30-19-/t33-/m0/s1. The maximum atomic E-state index is 14.2. The molecule has 2 heterocycles. The Kier molecular flexibility index (Phi) is 9.78. The minimum absolute atomic E-state index is 0.151. The summed E-state index contributed by atoms with van der Waals surface area (Å²) in [5.41, 5.74) is 3.72. The van der Waals surface area contributed by atoms with Crippen molar-refractivity contribution >= 4 is 52.3 Å². The molecule has 1 aliphatic heterocycles. The van der Waals surface area contributed by atoms with Crippen LogP contribution in [0.15, 0.2) is 106 Å². The highest BCUT2D eigenvalue weighted by Crippen LogP contribution is 2.38. The molecule has 5 aromatic rings. The van der Waals surface area contributed by atoms with E-state index in [0.29, 0.717) is 53.8 Å². The van der Waals surface area contributed by atoms with Gasteiger partial charge in [-0.1, -0.05) is 89.1 Å². The van der Waals surface area contributed by atoms with Crippen LogP contribution in [0.3, 0.4) is 0 Å². The minimum Gasteiger partial charge on any atom is -0.493 e. The number of hydrogen-bond acceptors (Lipinski definition) is 8. The SMILES string of the molecule is CCOC(=O)C1=C(c2ccccc2)N=c2s/c(=C\c3cc(Cl)c(OCc4ccc(C#N)cc4)c(OC)c3)c(=O)n2[C@H]1c1ccc(Cl)cc1. The molecule has 11 heteroatoms. The fraction of sp³-hybridized carbons (Fsp3) is 0.135. The average Bonchev–Trinajstić information content (AvgIpc) is 3.41. The van der Waals surface area contributed by atoms with Crippen LogP contribution in [-0.4, -0.2) is 24.3 Å². The van der Waals surface area contributed by atoms with E-state index in [4.69, 9.17) is 47.7 Å². The Morgan fingerprint density at radius 2 is 1.77 bits per heavy atom. The Labute approximate surface area is 290 Å². The predicted octanol–water partition coefficient (Wildman–Crippen LogP) is 6.70. The lowest BCUT2D eigenvalue weighted by molar-refractivity contribution is -0.138. The van der Waals surface area contributed by atoms with Crippen LogP contribution in [0.1, 0.15) is 40.8 Å². The molecule has 8 nitrogen and oxygen atoms in total. The van der Waals surface area contributed by atoms with Gasteiger partial charge in [0.15, 0.2) is 16.3 Å². The Hall–Kier alpha value is -5.14. The molecule has 1 aliphatic rings. The topological polar surface area (TPSA) is 103 Å². The largest absolute Gasteiger partial charge is 0.493 e. The highest BCUT2D eigenvalue weighted by Gasteiger charge is 2.35. The Balaban J connectivity index is 1.47. The number of fused-ring (bicyclic) bond motifs is 1. The van der Waals surface area contributed by atoms with Gasteiger partial charge in [0.1, 0.15) is 6.61 Å². The van der Waals surface area contributed by atoms with Gasteiger partial charge in [0.25, 0.3) is 5.56 Å². The van der Waals surface area contributed by atoms with E-state index in [1.54, 1.807) is 73.7 Å². The maximum absolute atomic E-state index is 14.2. The lowest BCUT2D eigenvalue weighted by Crippen LogP contribution is -2.40. The molecule has 0 amide bonds. The number of carbonyl (C=O) groups excluding carboxylic acids is 1. The van der Waals surface area contributed by atoms with Gasteiger partial charge >= 0.3 is 5.97 Å². The molecular formula is C37H27Cl2N3O5S. The van der Waals surface area contributed by atoms with Gasteiger partial charge in [-0.3, -0.25) is 9.36 Å². The number of benzene rings is 4. The molecule has 1 aromatic heterocycles. The number of esters is 1. The molecule has 0 fully saturated rings. The van der Waals surface area contributed by atoms with Crippen molar-refractivity contribution in [1.29, 1.82) is 5.26 Å². The number of hydrogen-bond donors (Lipinski definition) is 0. The summed E-state index contributed by atoms with van der Waals surface area (Å²) in [6.45, 7) is 2.09. The van der Waals surface area contributed by atoms with Crippen molar-refractivity contribution in [3.8, 4) is 17.6 Å². The van der Waals surface area contributed by atoms with Gasteiger partial charge in [-0.15, -0.1) is 0 Å². The number of thiazole rings is 1. The third-order valence-electron chi connectivity index (χ3n) is 7.58. The highest BCUT2D eigenvalue weighted by atomic mass is 35.5. The first-order valence-electron chi connectivity index (χ1n) is 14.8. The smallest absolute Gasteiger partial charge is 0.338 e. The highest BCUT2D eigenvalue weighted by molar-refractivity contribution is 7.07. The lowest BCUT2D eigenvalue weighted by atomic mass is 9.93. The average molecular weight is 697 g/mol. The minimum atomic E-state index is -0.828. The van der Waals surface area contributed by atoms with Crippen molar-refractivity contribution in [1.82, 2.24) is 4.57 Å². The second-order valence-electron chi connectivity index (χ2n) is 10.6. The number of nitrogens with zero attached hydrogens (tertiary/aromatic N) is 3. The second kappa shape index (κ2) is 14.3. The van der Waals surface area contributed by atoms with E-state index >= 15 is 0 Å². The summed E-state index contributed by atoms with van der Waals surface area (Å²) in [4.78, 5) is 33.1. The Bertz CT molecular complexity index is 2260. The molecule has 0 unspecified atom stereocenters. The summed E-state index contributed by atoms with van der Waals surface area (Å²) >= 11 is 14.1. The molecular weight excluding hydrogens is 669 g/mol. The van der Waals surface area contributed by atoms with Gasteiger partial charge in [0, 0.05) is 10.6 Å².